The van der Waals surface area contributed by atoms with Gasteiger partial charge in [0.05, 0.1) is 34.6 Å². The van der Waals surface area contributed by atoms with E-state index >= 15 is 0 Å². The Morgan fingerprint density at radius 3 is 2.61 bits per heavy atom. The molecule has 1 saturated heterocycles. The molecular formula is C32H41ClFN7O5. The fourth-order valence-electron chi connectivity index (χ4n) is 5.10. The van der Waals surface area contributed by atoms with E-state index in [4.69, 9.17) is 21.1 Å². The zero-order valence-electron chi connectivity index (χ0n) is 26.9. The number of amides is 3. The van der Waals surface area contributed by atoms with E-state index in [1.54, 1.807) is 39.3 Å². The predicted octanol–water partition coefficient (Wildman–Crippen LogP) is 4.26. The first kappa shape index (κ1) is 34.8. The molecule has 4 rings (SSSR count). The maximum Gasteiger partial charge on any atom is 0.247 e. The number of hydrogen-bond acceptors (Lipinski definition) is 9. The molecule has 248 valence electrons. The SMILES string of the molecule is CNC(C)C(=O)NC(C(=O)N1CCCC1C(=O)Nc1cc2c(Nc3cccc(Cl)c3F)ncnc2cc1OCCOC)C(C)(C)C. The Bertz CT molecular complexity index is 1580. The fraction of sp³-hybridized carbons (Fsp3) is 0.469. The van der Waals surface area contributed by atoms with Gasteiger partial charge in [-0.25, -0.2) is 14.4 Å². The summed E-state index contributed by atoms with van der Waals surface area (Å²) in [4.78, 5) is 50.7. The van der Waals surface area contributed by atoms with Crippen LogP contribution in [0.2, 0.25) is 5.02 Å². The number of likely N-dealkylation sites (N-methyl/N-ethyl adjacent to an activating group) is 1. The van der Waals surface area contributed by atoms with E-state index in [1.807, 2.05) is 20.8 Å². The number of methoxy groups -OCH3 is 1. The quantitative estimate of drug-likeness (QED) is 0.210. The van der Waals surface area contributed by atoms with Gasteiger partial charge in [0.1, 0.15) is 36.6 Å². The molecule has 3 aromatic rings. The van der Waals surface area contributed by atoms with Crippen LogP contribution in [-0.2, 0) is 19.1 Å². The van der Waals surface area contributed by atoms with Gasteiger partial charge in [-0.3, -0.25) is 14.4 Å². The minimum Gasteiger partial charge on any atom is -0.489 e. The lowest BCUT2D eigenvalue weighted by molar-refractivity contribution is -0.143. The van der Waals surface area contributed by atoms with Gasteiger partial charge in [-0.15, -0.1) is 0 Å². The zero-order chi connectivity index (χ0) is 33.6. The van der Waals surface area contributed by atoms with Gasteiger partial charge in [0, 0.05) is 25.1 Å². The molecule has 1 aliphatic rings. The molecule has 14 heteroatoms. The Hall–Kier alpha value is -4.07. The van der Waals surface area contributed by atoms with Crippen LogP contribution in [0.3, 0.4) is 0 Å². The lowest BCUT2D eigenvalue weighted by Gasteiger charge is -2.36. The maximum atomic E-state index is 14.7. The average Bonchev–Trinajstić information content (AvgIpc) is 3.52. The van der Waals surface area contributed by atoms with Gasteiger partial charge in [0.2, 0.25) is 17.7 Å². The van der Waals surface area contributed by atoms with E-state index in [1.165, 1.54) is 23.4 Å². The highest BCUT2D eigenvalue weighted by molar-refractivity contribution is 6.31. The first-order valence-electron chi connectivity index (χ1n) is 15.1. The molecule has 0 spiro atoms. The van der Waals surface area contributed by atoms with Crippen LogP contribution in [0.1, 0.15) is 40.5 Å². The Balaban J connectivity index is 1.65. The topological polar surface area (TPSA) is 147 Å². The summed E-state index contributed by atoms with van der Waals surface area (Å²) in [6.07, 6.45) is 2.38. The van der Waals surface area contributed by atoms with Crippen molar-refractivity contribution in [2.75, 3.05) is 44.5 Å². The third kappa shape index (κ3) is 8.01. The molecule has 2 heterocycles. The highest BCUT2D eigenvalue weighted by Gasteiger charge is 2.42. The van der Waals surface area contributed by atoms with Crippen LogP contribution in [0.15, 0.2) is 36.7 Å². The summed E-state index contributed by atoms with van der Waals surface area (Å²) in [6, 6.07) is 5.72. The van der Waals surface area contributed by atoms with Crippen molar-refractivity contribution < 1.29 is 28.2 Å². The van der Waals surface area contributed by atoms with Crippen LogP contribution in [0.4, 0.5) is 21.6 Å². The molecule has 0 aliphatic carbocycles. The van der Waals surface area contributed by atoms with Gasteiger partial charge in [-0.05, 0) is 50.4 Å². The molecule has 1 aliphatic heterocycles. The number of benzene rings is 2. The molecular weight excluding hydrogens is 617 g/mol. The average molecular weight is 658 g/mol. The molecule has 0 bridgehead atoms. The highest BCUT2D eigenvalue weighted by Crippen LogP contribution is 2.35. The molecule has 1 aromatic heterocycles. The van der Waals surface area contributed by atoms with Gasteiger partial charge in [0.25, 0.3) is 0 Å². The fourth-order valence-corrected chi connectivity index (χ4v) is 5.27. The summed E-state index contributed by atoms with van der Waals surface area (Å²) in [5.41, 5.74) is 0.280. The molecule has 4 N–H and O–H groups in total. The minimum absolute atomic E-state index is 0.0504. The number of rotatable bonds is 12. The summed E-state index contributed by atoms with van der Waals surface area (Å²) >= 11 is 5.97. The van der Waals surface area contributed by atoms with Crippen molar-refractivity contribution >= 4 is 57.4 Å². The monoisotopic (exact) mass is 657 g/mol. The number of halogens is 2. The standard InChI is InChI=1S/C32H41ClFN7O5/c1-18(35-5)29(42)40-27(32(2,3)4)31(44)41-12-8-11-24(41)30(43)39-23-15-19-22(16-25(23)46-14-13-45-6)36-17-37-28(19)38-21-10-7-9-20(33)26(21)34/h7,9-10,15-18,24,27,35H,8,11-14H2,1-6H3,(H,39,43)(H,40,42)(H,36,37,38). The third-order valence-corrected chi connectivity index (χ3v) is 8.10. The predicted molar refractivity (Wildman–Crippen MR) is 175 cm³/mol. The Morgan fingerprint density at radius 2 is 1.91 bits per heavy atom. The van der Waals surface area contributed by atoms with Gasteiger partial charge < -0.3 is 35.6 Å². The van der Waals surface area contributed by atoms with Crippen LogP contribution in [0.5, 0.6) is 5.75 Å². The van der Waals surface area contributed by atoms with Crippen LogP contribution in [0, 0.1) is 11.2 Å². The van der Waals surface area contributed by atoms with Crippen molar-refractivity contribution in [3.05, 3.63) is 47.5 Å². The van der Waals surface area contributed by atoms with Gasteiger partial charge >= 0.3 is 0 Å². The van der Waals surface area contributed by atoms with Crippen LogP contribution in [-0.4, -0.2) is 84.6 Å². The minimum atomic E-state index is -0.851. The third-order valence-electron chi connectivity index (χ3n) is 7.81. The van der Waals surface area contributed by atoms with E-state index in [-0.39, 0.29) is 34.9 Å². The van der Waals surface area contributed by atoms with Crippen molar-refractivity contribution in [1.82, 2.24) is 25.5 Å². The summed E-state index contributed by atoms with van der Waals surface area (Å²) in [7, 11) is 3.21. The maximum absolute atomic E-state index is 14.7. The van der Waals surface area contributed by atoms with Gasteiger partial charge in [-0.2, -0.15) is 0 Å². The molecule has 3 unspecified atom stereocenters. The van der Waals surface area contributed by atoms with Crippen molar-refractivity contribution in [3.8, 4) is 5.75 Å². The molecule has 3 atom stereocenters. The Labute approximate surface area is 272 Å². The van der Waals surface area contributed by atoms with Crippen molar-refractivity contribution in [3.63, 3.8) is 0 Å². The number of hydrogen-bond donors (Lipinski definition) is 4. The molecule has 3 amide bonds. The molecule has 0 radical (unpaired) electrons. The number of ether oxygens (including phenoxy) is 2. The van der Waals surface area contributed by atoms with Crippen LogP contribution in [0.25, 0.3) is 10.9 Å². The second-order valence-electron chi connectivity index (χ2n) is 12.2. The van der Waals surface area contributed by atoms with Gasteiger partial charge in [-0.1, -0.05) is 38.4 Å². The van der Waals surface area contributed by atoms with Crippen molar-refractivity contribution in [1.29, 1.82) is 0 Å². The number of nitrogens with zero attached hydrogens (tertiary/aromatic N) is 3. The number of anilines is 3. The largest absolute Gasteiger partial charge is 0.489 e. The molecule has 1 fully saturated rings. The van der Waals surface area contributed by atoms with E-state index in [9.17, 15) is 18.8 Å². The van der Waals surface area contributed by atoms with Crippen molar-refractivity contribution in [2.45, 2.75) is 58.7 Å². The second-order valence-corrected chi connectivity index (χ2v) is 12.6. The van der Waals surface area contributed by atoms with E-state index in [0.29, 0.717) is 48.3 Å². The molecule has 0 saturated carbocycles. The van der Waals surface area contributed by atoms with E-state index < -0.39 is 35.3 Å². The number of fused-ring (bicyclic) bond motifs is 1. The van der Waals surface area contributed by atoms with E-state index in [0.717, 1.165) is 0 Å². The van der Waals surface area contributed by atoms with Gasteiger partial charge in [0.15, 0.2) is 5.82 Å². The Kier molecular flexibility index (Phi) is 11.4. The lowest BCUT2D eigenvalue weighted by atomic mass is 9.85. The number of likely N-dealkylation sites (tertiary alicyclic amines) is 1. The summed E-state index contributed by atoms with van der Waals surface area (Å²) in [5.74, 6) is -1.10. The highest BCUT2D eigenvalue weighted by atomic mass is 35.5. The Morgan fingerprint density at radius 1 is 1.15 bits per heavy atom. The first-order chi connectivity index (χ1) is 21.8. The summed E-state index contributed by atoms with van der Waals surface area (Å²) in [6.45, 7) is 8.17. The zero-order valence-corrected chi connectivity index (χ0v) is 27.6. The number of carbonyl (C=O) groups excluding carboxylic acids is 3. The normalized spacial score (nSPS) is 16.2. The summed E-state index contributed by atoms with van der Waals surface area (Å²) < 4.78 is 25.8. The lowest BCUT2D eigenvalue weighted by Crippen LogP contribution is -2.59. The second kappa shape index (κ2) is 15.0. The molecule has 2 aromatic carbocycles. The summed E-state index contributed by atoms with van der Waals surface area (Å²) in [5, 5.41) is 12.1. The first-order valence-corrected chi connectivity index (χ1v) is 15.4. The van der Waals surface area contributed by atoms with Crippen LogP contribution < -0.4 is 26.0 Å². The number of aromatic nitrogens is 2. The number of nitrogens with one attached hydrogen (secondary N) is 4. The van der Waals surface area contributed by atoms with Crippen molar-refractivity contribution in [2.24, 2.45) is 5.41 Å². The van der Waals surface area contributed by atoms with E-state index in [2.05, 4.69) is 31.2 Å². The number of carbonyl (C=O) groups is 3. The molecule has 46 heavy (non-hydrogen) atoms. The smallest absolute Gasteiger partial charge is 0.247 e. The van der Waals surface area contributed by atoms with Crippen LogP contribution >= 0.6 is 11.6 Å². The molecule has 12 nitrogen and oxygen atoms in total.